The maximum Gasteiger partial charge on any atom is 0.164 e. The van der Waals surface area contributed by atoms with E-state index in [4.69, 9.17) is 14.4 Å². The first kappa shape index (κ1) is 56.2. The zero-order valence-corrected chi connectivity index (χ0v) is 52.6. The minimum absolute atomic E-state index is 0.238. The van der Waals surface area contributed by atoms with Gasteiger partial charge >= 0.3 is 0 Å². The first-order valence-corrected chi connectivity index (χ1v) is 31.8. The van der Waals surface area contributed by atoms with Crippen molar-refractivity contribution in [3.05, 3.63) is 275 Å². The molecule has 14 aromatic rings. The Hall–Kier alpha value is -10.4. The van der Waals surface area contributed by atoms with E-state index in [1.807, 2.05) is 6.07 Å². The summed E-state index contributed by atoms with van der Waals surface area (Å²) in [6, 6.07) is 81.8. The van der Waals surface area contributed by atoms with Gasteiger partial charge in [0.25, 0.3) is 0 Å². The Labute approximate surface area is 527 Å². The number of nitrogens with zero attached hydrogens (tertiary/aromatic N) is 3. The van der Waals surface area contributed by atoms with Crippen LogP contribution < -0.4 is 0 Å². The number of imidazole rings is 1. The molecular formula is C85H71N3O2. The van der Waals surface area contributed by atoms with Gasteiger partial charge < -0.3 is 9.52 Å². The highest BCUT2D eigenvalue weighted by molar-refractivity contribution is 6.17. The quantitative estimate of drug-likeness (QED) is 0.140. The second-order valence-electron chi connectivity index (χ2n) is 25.5. The van der Waals surface area contributed by atoms with Crippen LogP contribution in [0.15, 0.2) is 229 Å². The maximum atomic E-state index is 11.7. The molecule has 3 aromatic heterocycles. The Morgan fingerprint density at radius 1 is 0.411 bits per heavy atom. The number of aryl methyl sites for hydroxylation is 7. The van der Waals surface area contributed by atoms with Crippen LogP contribution in [0.1, 0.15) is 89.6 Å². The fourth-order valence-electron chi connectivity index (χ4n) is 15.0. The highest BCUT2D eigenvalue weighted by Gasteiger charge is 2.31. The predicted octanol–water partition coefficient (Wildman–Crippen LogP) is 22.9. The summed E-state index contributed by atoms with van der Waals surface area (Å²) in [5, 5.41) is 13.7. The van der Waals surface area contributed by atoms with Crippen LogP contribution in [0, 0.1) is 34.6 Å². The summed E-state index contributed by atoms with van der Waals surface area (Å²) in [7, 11) is 0. The lowest BCUT2D eigenvalue weighted by Gasteiger charge is -2.25. The lowest BCUT2D eigenvalue weighted by molar-refractivity contribution is 0.476. The molecule has 1 N–H and O–H groups in total. The van der Waals surface area contributed by atoms with E-state index < -0.39 is 0 Å². The minimum Gasteiger partial charge on any atom is -0.507 e. The van der Waals surface area contributed by atoms with Gasteiger partial charge in [-0.05, 0) is 201 Å². The first-order chi connectivity index (χ1) is 43.8. The zero-order valence-electron chi connectivity index (χ0n) is 52.6. The molecule has 5 heteroatoms. The monoisotopic (exact) mass is 1170 g/mol. The van der Waals surface area contributed by atoms with Crippen LogP contribution in [-0.4, -0.2) is 19.6 Å². The number of para-hydroxylation sites is 2. The molecule has 0 radical (unpaired) electrons. The summed E-state index contributed by atoms with van der Waals surface area (Å²) in [6.45, 7) is 20.4. The number of rotatable bonds is 11. The Bertz CT molecular complexity index is 5120. The fourth-order valence-corrected chi connectivity index (χ4v) is 15.0. The van der Waals surface area contributed by atoms with Crippen molar-refractivity contribution in [3.8, 4) is 112 Å². The number of hydrogen-bond donors (Lipinski definition) is 1. The van der Waals surface area contributed by atoms with Crippen LogP contribution in [0.2, 0.25) is 0 Å². The van der Waals surface area contributed by atoms with Gasteiger partial charge in [0.1, 0.15) is 22.6 Å². The number of phenols is 1. The van der Waals surface area contributed by atoms with Crippen molar-refractivity contribution in [1.29, 1.82) is 0 Å². The maximum absolute atomic E-state index is 11.7. The molecule has 1 aliphatic rings. The molecule has 0 bridgehead atoms. The molecule has 0 saturated heterocycles. The smallest absolute Gasteiger partial charge is 0.164 e. The van der Waals surface area contributed by atoms with E-state index in [0.29, 0.717) is 5.82 Å². The van der Waals surface area contributed by atoms with Crippen LogP contribution in [-0.2, 0) is 12.8 Å². The lowest BCUT2D eigenvalue weighted by atomic mass is 9.78. The normalized spacial score (nSPS) is 12.2. The highest BCUT2D eigenvalue weighted by Crippen LogP contribution is 2.54. The molecule has 0 amide bonds. The van der Waals surface area contributed by atoms with Gasteiger partial charge in [0, 0.05) is 33.0 Å². The average Bonchev–Trinajstić information content (AvgIpc) is 1.45. The van der Waals surface area contributed by atoms with Crippen molar-refractivity contribution in [2.24, 2.45) is 0 Å². The van der Waals surface area contributed by atoms with Crippen molar-refractivity contribution in [1.82, 2.24) is 14.5 Å². The Morgan fingerprint density at radius 3 is 1.64 bits per heavy atom. The number of hydrogen-bond acceptors (Lipinski definition) is 4. The van der Waals surface area contributed by atoms with Gasteiger partial charge in [0.2, 0.25) is 0 Å². The Morgan fingerprint density at radius 2 is 0.978 bits per heavy atom. The summed E-state index contributed by atoms with van der Waals surface area (Å²) in [4.78, 5) is 11.8. The average molecular weight is 1170 g/mol. The van der Waals surface area contributed by atoms with Crippen molar-refractivity contribution in [2.45, 2.75) is 87.0 Å². The highest BCUT2D eigenvalue weighted by atomic mass is 16.3. The van der Waals surface area contributed by atoms with Crippen LogP contribution in [0.4, 0.5) is 0 Å². The molecule has 0 atom stereocenters. The fraction of sp³-hybridized carbons (Fsp3) is 0.153. The van der Waals surface area contributed by atoms with Gasteiger partial charge in [-0.3, -0.25) is 4.57 Å². The van der Waals surface area contributed by atoms with E-state index >= 15 is 0 Å². The Kier molecular flexibility index (Phi) is 13.9. The van der Waals surface area contributed by atoms with Crippen molar-refractivity contribution in [3.63, 3.8) is 0 Å². The lowest BCUT2D eigenvalue weighted by Crippen LogP contribution is -2.08. The van der Waals surface area contributed by atoms with Gasteiger partial charge in [-0.25, -0.2) is 9.97 Å². The molecule has 0 saturated carbocycles. The molecule has 0 fully saturated rings. The molecule has 438 valence electrons. The summed E-state index contributed by atoms with van der Waals surface area (Å²) in [5.41, 5.74) is 33.1. The number of benzene rings is 11. The summed E-state index contributed by atoms with van der Waals surface area (Å²) >= 11 is 0. The third-order valence-corrected chi connectivity index (χ3v) is 18.9. The summed E-state index contributed by atoms with van der Waals surface area (Å²) < 4.78 is 9.68. The van der Waals surface area contributed by atoms with Crippen molar-refractivity contribution in [2.75, 3.05) is 0 Å². The number of furan rings is 1. The van der Waals surface area contributed by atoms with Gasteiger partial charge in [0.15, 0.2) is 5.82 Å². The standard InChI is InChI=1S/C85H71N3O2/c1-49(2)61-31-20-32-62(50(3)4)78(61)67-36-22-33-63(56-25-12-10-13-26-56)79(67)68-42-44-72-82(87-85(88(72)83-52(6)23-18-24-53(83)7)71-43-41-59-40-39-58-29-19-37-73(89)77(58)81(59)86-71)76(68)60-47-69-65-30-16-17-38-74(65)90-84(69)70(48-60)80-64(57-27-14-11-15-28-57)34-21-35-66(80)75-54(8)45-51(5)46-55(75)9/h10-38,41-50,89H,39-40H2,1-9H3. The second-order valence-corrected chi connectivity index (χ2v) is 25.5. The van der Waals surface area contributed by atoms with E-state index in [0.717, 1.165) is 152 Å². The van der Waals surface area contributed by atoms with E-state index in [-0.39, 0.29) is 17.6 Å². The van der Waals surface area contributed by atoms with Crippen LogP contribution in [0.25, 0.3) is 139 Å². The molecule has 5 nitrogen and oxygen atoms in total. The molecule has 1 aliphatic carbocycles. The van der Waals surface area contributed by atoms with Crippen LogP contribution >= 0.6 is 0 Å². The zero-order chi connectivity index (χ0) is 61.6. The second kappa shape index (κ2) is 22.3. The third kappa shape index (κ3) is 9.28. The first-order valence-electron chi connectivity index (χ1n) is 31.8. The molecule has 11 aromatic carbocycles. The number of aromatic hydroxyl groups is 1. The molecule has 15 rings (SSSR count). The largest absolute Gasteiger partial charge is 0.507 e. The SMILES string of the molecule is Cc1cc(C)c(-c2cccc(-c3ccccc3)c2-c2cc(-c3c(-c4c(-c5ccccc5)cccc4-c4c(C(C)C)cccc4C(C)C)ccc4c3nc(-c3ccc5c(n3)-c3c(O)cccc3CC5)n4-c3c(C)cccc3C)cc3c2oc2ccccc23)c(C)c1. The molecule has 0 spiro atoms. The minimum atomic E-state index is 0.238. The van der Waals surface area contributed by atoms with E-state index in [1.165, 1.54) is 44.5 Å². The Balaban J connectivity index is 1.16. The third-order valence-electron chi connectivity index (χ3n) is 18.9. The van der Waals surface area contributed by atoms with E-state index in [2.05, 4.69) is 279 Å². The molecule has 90 heavy (non-hydrogen) atoms. The van der Waals surface area contributed by atoms with Crippen LogP contribution in [0.5, 0.6) is 5.75 Å². The topological polar surface area (TPSA) is 64.1 Å². The number of phenolic OH excluding ortho intramolecular Hbond substituents is 1. The van der Waals surface area contributed by atoms with Crippen molar-refractivity contribution < 1.29 is 9.52 Å². The predicted molar refractivity (Wildman–Crippen MR) is 376 cm³/mol. The number of aromatic nitrogens is 3. The molecule has 3 heterocycles. The van der Waals surface area contributed by atoms with E-state index in [1.54, 1.807) is 6.07 Å². The van der Waals surface area contributed by atoms with Crippen LogP contribution in [0.3, 0.4) is 0 Å². The van der Waals surface area contributed by atoms with Crippen molar-refractivity contribution >= 4 is 33.0 Å². The number of fused-ring (bicyclic) bond motifs is 7. The van der Waals surface area contributed by atoms with E-state index in [9.17, 15) is 5.11 Å². The van der Waals surface area contributed by atoms with Gasteiger partial charge in [-0.2, -0.15) is 0 Å². The number of pyridine rings is 1. The van der Waals surface area contributed by atoms with Gasteiger partial charge in [-0.15, -0.1) is 0 Å². The molecule has 0 aliphatic heterocycles. The summed E-state index contributed by atoms with van der Waals surface area (Å²) in [6.07, 6.45) is 1.66. The molecule has 0 unspecified atom stereocenters. The molecular weight excluding hydrogens is 1090 g/mol. The van der Waals surface area contributed by atoms with Gasteiger partial charge in [-0.1, -0.05) is 221 Å². The summed E-state index contributed by atoms with van der Waals surface area (Å²) in [5.74, 6) is 1.43. The van der Waals surface area contributed by atoms with Gasteiger partial charge in [0.05, 0.1) is 22.4 Å².